The third-order valence-electron chi connectivity index (χ3n) is 5.10. The molecule has 3 rings (SSSR count). The normalized spacial score (nSPS) is 23.0. The number of cyclic esters (lactones) is 2. The van der Waals surface area contributed by atoms with Gasteiger partial charge in [0.25, 0.3) is 0 Å². The molecule has 1 saturated heterocycles. The molecule has 24 heavy (non-hydrogen) atoms. The fourth-order valence-electron chi connectivity index (χ4n) is 3.63. The Morgan fingerprint density at radius 2 is 1.50 bits per heavy atom. The SMILES string of the molecule is Cc1ccc(C(C)C(c2ccccc2)C2C(=O)OC(=O)C2C)cc1. The molecule has 3 nitrogen and oxygen atoms in total. The second-order valence-electron chi connectivity index (χ2n) is 6.69. The fourth-order valence-corrected chi connectivity index (χ4v) is 3.63. The van der Waals surface area contributed by atoms with Crippen LogP contribution in [-0.2, 0) is 14.3 Å². The maximum atomic E-state index is 12.4. The van der Waals surface area contributed by atoms with Crippen LogP contribution in [0, 0.1) is 18.8 Å². The summed E-state index contributed by atoms with van der Waals surface area (Å²) < 4.78 is 4.92. The van der Waals surface area contributed by atoms with Crippen LogP contribution in [0.2, 0.25) is 0 Å². The smallest absolute Gasteiger partial charge is 0.318 e. The molecule has 1 aliphatic rings. The van der Waals surface area contributed by atoms with E-state index in [-0.39, 0.29) is 11.8 Å². The predicted molar refractivity (Wildman–Crippen MR) is 92.5 cm³/mol. The van der Waals surface area contributed by atoms with E-state index in [0.717, 1.165) is 11.1 Å². The van der Waals surface area contributed by atoms with E-state index in [4.69, 9.17) is 4.74 Å². The van der Waals surface area contributed by atoms with Gasteiger partial charge in [-0.2, -0.15) is 0 Å². The summed E-state index contributed by atoms with van der Waals surface area (Å²) in [6.45, 7) is 5.96. The van der Waals surface area contributed by atoms with Crippen molar-refractivity contribution in [1.82, 2.24) is 0 Å². The van der Waals surface area contributed by atoms with Gasteiger partial charge in [0.15, 0.2) is 0 Å². The van der Waals surface area contributed by atoms with E-state index in [1.807, 2.05) is 30.3 Å². The van der Waals surface area contributed by atoms with Crippen LogP contribution in [-0.4, -0.2) is 11.9 Å². The Balaban J connectivity index is 2.04. The zero-order valence-corrected chi connectivity index (χ0v) is 14.2. The van der Waals surface area contributed by atoms with E-state index >= 15 is 0 Å². The van der Waals surface area contributed by atoms with Gasteiger partial charge in [-0.3, -0.25) is 9.59 Å². The minimum Gasteiger partial charge on any atom is -0.393 e. The highest BCUT2D eigenvalue weighted by Gasteiger charge is 2.48. The molecule has 0 aromatic heterocycles. The van der Waals surface area contributed by atoms with Crippen molar-refractivity contribution >= 4 is 11.9 Å². The first-order valence-corrected chi connectivity index (χ1v) is 8.36. The lowest BCUT2D eigenvalue weighted by atomic mass is 9.71. The van der Waals surface area contributed by atoms with Crippen molar-refractivity contribution in [2.75, 3.05) is 0 Å². The lowest BCUT2D eigenvalue weighted by Crippen LogP contribution is -2.27. The van der Waals surface area contributed by atoms with Crippen molar-refractivity contribution < 1.29 is 14.3 Å². The summed E-state index contributed by atoms with van der Waals surface area (Å²) >= 11 is 0. The number of rotatable bonds is 4. The summed E-state index contributed by atoms with van der Waals surface area (Å²) in [7, 11) is 0. The van der Waals surface area contributed by atoms with Gasteiger partial charge in [-0.1, -0.05) is 74.0 Å². The Morgan fingerprint density at radius 3 is 2.04 bits per heavy atom. The number of aryl methyl sites for hydroxylation is 1. The molecule has 1 fully saturated rings. The molecule has 0 aliphatic carbocycles. The molecule has 124 valence electrons. The first-order valence-electron chi connectivity index (χ1n) is 8.36. The van der Waals surface area contributed by atoms with Crippen LogP contribution >= 0.6 is 0 Å². The third kappa shape index (κ3) is 2.99. The summed E-state index contributed by atoms with van der Waals surface area (Å²) in [6, 6.07) is 18.3. The van der Waals surface area contributed by atoms with Gasteiger partial charge >= 0.3 is 11.9 Å². The number of esters is 2. The number of ether oxygens (including phenoxy) is 1. The van der Waals surface area contributed by atoms with Gasteiger partial charge in [-0.15, -0.1) is 0 Å². The summed E-state index contributed by atoms with van der Waals surface area (Å²) in [6.07, 6.45) is 0. The summed E-state index contributed by atoms with van der Waals surface area (Å²) in [5.41, 5.74) is 3.42. The molecule has 0 radical (unpaired) electrons. The highest BCUT2D eigenvalue weighted by Crippen LogP contribution is 2.44. The molecule has 0 N–H and O–H groups in total. The van der Waals surface area contributed by atoms with Gasteiger partial charge in [-0.05, 0) is 24.0 Å². The summed E-state index contributed by atoms with van der Waals surface area (Å²) in [5.74, 6) is -1.68. The van der Waals surface area contributed by atoms with Gasteiger partial charge < -0.3 is 4.74 Å². The maximum absolute atomic E-state index is 12.4. The fraction of sp³-hybridized carbons (Fsp3) is 0.333. The Labute approximate surface area is 142 Å². The molecular formula is C21H22O3. The van der Waals surface area contributed by atoms with E-state index in [9.17, 15) is 9.59 Å². The Hall–Kier alpha value is -2.42. The van der Waals surface area contributed by atoms with Gasteiger partial charge in [0, 0.05) is 5.92 Å². The average molecular weight is 322 g/mol. The molecule has 2 aromatic rings. The van der Waals surface area contributed by atoms with Crippen molar-refractivity contribution in [2.24, 2.45) is 11.8 Å². The van der Waals surface area contributed by atoms with Crippen LogP contribution < -0.4 is 0 Å². The number of carbonyl (C=O) groups is 2. The van der Waals surface area contributed by atoms with Crippen molar-refractivity contribution in [3.8, 4) is 0 Å². The van der Waals surface area contributed by atoms with Crippen LogP contribution in [0.25, 0.3) is 0 Å². The van der Waals surface area contributed by atoms with Crippen LogP contribution in [0.1, 0.15) is 42.4 Å². The average Bonchev–Trinajstić information content (AvgIpc) is 2.83. The molecule has 3 heteroatoms. The Kier molecular flexibility index (Phi) is 4.52. The third-order valence-corrected chi connectivity index (χ3v) is 5.10. The highest BCUT2D eigenvalue weighted by atomic mass is 16.6. The first kappa shape index (κ1) is 16.4. The van der Waals surface area contributed by atoms with Gasteiger partial charge in [-0.25, -0.2) is 0 Å². The molecule has 1 heterocycles. The lowest BCUT2D eigenvalue weighted by molar-refractivity contribution is -0.153. The Bertz CT molecular complexity index is 733. The van der Waals surface area contributed by atoms with Crippen molar-refractivity contribution in [2.45, 2.75) is 32.6 Å². The van der Waals surface area contributed by atoms with Gasteiger partial charge in [0.1, 0.15) is 0 Å². The van der Waals surface area contributed by atoms with E-state index < -0.39 is 23.8 Å². The lowest BCUT2D eigenvalue weighted by Gasteiger charge is -2.29. The van der Waals surface area contributed by atoms with Gasteiger partial charge in [0.2, 0.25) is 0 Å². The number of hydrogen-bond donors (Lipinski definition) is 0. The van der Waals surface area contributed by atoms with Crippen molar-refractivity contribution in [1.29, 1.82) is 0 Å². The maximum Gasteiger partial charge on any atom is 0.318 e. The topological polar surface area (TPSA) is 43.4 Å². The molecule has 4 atom stereocenters. The van der Waals surface area contributed by atoms with E-state index in [2.05, 4.69) is 38.1 Å². The molecule has 0 amide bonds. The molecule has 2 aromatic carbocycles. The highest BCUT2D eigenvalue weighted by molar-refractivity contribution is 5.96. The summed E-state index contributed by atoms with van der Waals surface area (Å²) in [4.78, 5) is 24.2. The zero-order valence-electron chi connectivity index (χ0n) is 14.2. The van der Waals surface area contributed by atoms with Crippen molar-refractivity contribution in [3.63, 3.8) is 0 Å². The first-order chi connectivity index (χ1) is 11.5. The number of hydrogen-bond acceptors (Lipinski definition) is 3. The minimum atomic E-state index is -0.448. The van der Waals surface area contributed by atoms with Crippen molar-refractivity contribution in [3.05, 3.63) is 71.3 Å². The molecule has 1 aliphatic heterocycles. The Morgan fingerprint density at radius 1 is 0.875 bits per heavy atom. The van der Waals surface area contributed by atoms with E-state index in [0.29, 0.717) is 0 Å². The quantitative estimate of drug-likeness (QED) is 0.625. The van der Waals surface area contributed by atoms with Crippen LogP contribution in [0.3, 0.4) is 0 Å². The molecule has 0 saturated carbocycles. The predicted octanol–water partition coefficient (Wildman–Crippen LogP) is 4.22. The molecular weight excluding hydrogens is 300 g/mol. The second kappa shape index (κ2) is 6.60. The number of benzene rings is 2. The zero-order chi connectivity index (χ0) is 17.3. The standard InChI is InChI=1S/C21H22O3/c1-13-9-11-16(12-10-13)14(2)18(17-7-5-4-6-8-17)19-15(3)20(22)24-21(19)23/h4-12,14-15,18-19H,1-3H3. The molecule has 0 spiro atoms. The number of carbonyl (C=O) groups excluding carboxylic acids is 2. The second-order valence-corrected chi connectivity index (χ2v) is 6.69. The largest absolute Gasteiger partial charge is 0.393 e. The van der Waals surface area contributed by atoms with Crippen LogP contribution in [0.5, 0.6) is 0 Å². The molecule has 0 bridgehead atoms. The van der Waals surface area contributed by atoms with E-state index in [1.165, 1.54) is 5.56 Å². The minimum absolute atomic E-state index is 0.0946. The molecule has 4 unspecified atom stereocenters. The van der Waals surface area contributed by atoms with Gasteiger partial charge in [0.05, 0.1) is 11.8 Å². The van der Waals surface area contributed by atoms with Crippen LogP contribution in [0.15, 0.2) is 54.6 Å². The monoisotopic (exact) mass is 322 g/mol. The summed E-state index contributed by atoms with van der Waals surface area (Å²) in [5, 5.41) is 0. The van der Waals surface area contributed by atoms with Crippen LogP contribution in [0.4, 0.5) is 0 Å². The van der Waals surface area contributed by atoms with E-state index in [1.54, 1.807) is 6.92 Å².